The van der Waals surface area contributed by atoms with Gasteiger partial charge in [-0.1, -0.05) is 127 Å². The lowest BCUT2D eigenvalue weighted by Gasteiger charge is -2.16. The second kappa shape index (κ2) is 11.4. The molecule has 3 aromatic heterocycles. The number of para-hydroxylation sites is 5. The molecule has 5 heteroatoms. The molecule has 50 heavy (non-hydrogen) atoms. The average molecular weight is 640 g/mol. The van der Waals surface area contributed by atoms with Crippen LogP contribution in [-0.4, -0.2) is 23.9 Å². The van der Waals surface area contributed by atoms with Crippen molar-refractivity contribution in [3.63, 3.8) is 0 Å². The van der Waals surface area contributed by atoms with Crippen LogP contribution in [0.1, 0.15) is 0 Å². The van der Waals surface area contributed by atoms with Gasteiger partial charge in [-0.2, -0.15) is 0 Å². The Morgan fingerprint density at radius 3 is 1.48 bits per heavy atom. The van der Waals surface area contributed by atoms with E-state index in [0.717, 1.165) is 49.8 Å². The second-order valence-corrected chi connectivity index (χ2v) is 12.5. The van der Waals surface area contributed by atoms with E-state index < -0.39 is 0 Å². The summed E-state index contributed by atoms with van der Waals surface area (Å²) >= 11 is 0. The first kappa shape index (κ1) is 28.2. The molecule has 0 aliphatic carbocycles. The summed E-state index contributed by atoms with van der Waals surface area (Å²) in [5.41, 5.74) is 9.62. The molecule has 5 nitrogen and oxygen atoms in total. The van der Waals surface area contributed by atoms with Gasteiger partial charge in [0.2, 0.25) is 0 Å². The van der Waals surface area contributed by atoms with E-state index in [0.29, 0.717) is 17.5 Å². The van der Waals surface area contributed by atoms with Gasteiger partial charge in [0.1, 0.15) is 0 Å². The van der Waals surface area contributed by atoms with Crippen LogP contribution in [0.2, 0.25) is 0 Å². The van der Waals surface area contributed by atoms with Crippen LogP contribution in [0.15, 0.2) is 176 Å². The molecular formula is C45H29N5. The van der Waals surface area contributed by atoms with Crippen molar-refractivity contribution in [1.82, 2.24) is 23.9 Å². The van der Waals surface area contributed by atoms with E-state index in [-0.39, 0.29) is 0 Å². The molecule has 0 N–H and O–H groups in total. The molecule has 0 spiro atoms. The maximum Gasteiger partial charge on any atom is 0.164 e. The van der Waals surface area contributed by atoms with E-state index >= 15 is 0 Å². The van der Waals surface area contributed by atoms with Gasteiger partial charge in [0.15, 0.2) is 17.5 Å². The zero-order valence-electron chi connectivity index (χ0n) is 27.0. The van der Waals surface area contributed by atoms with Crippen LogP contribution >= 0.6 is 0 Å². The minimum Gasteiger partial charge on any atom is -0.308 e. The summed E-state index contributed by atoms with van der Waals surface area (Å²) in [4.78, 5) is 15.0. The molecule has 0 aliphatic heterocycles. The topological polar surface area (TPSA) is 48.0 Å². The van der Waals surface area contributed by atoms with Crippen molar-refractivity contribution in [2.24, 2.45) is 0 Å². The Balaban J connectivity index is 1.32. The van der Waals surface area contributed by atoms with Crippen molar-refractivity contribution >= 4 is 49.1 Å². The maximum atomic E-state index is 5.05. The van der Waals surface area contributed by atoms with Gasteiger partial charge in [-0.05, 0) is 48.5 Å². The van der Waals surface area contributed by atoms with Crippen LogP contribution in [0, 0.1) is 0 Å². The molecule has 7 aromatic carbocycles. The molecule has 234 valence electrons. The summed E-state index contributed by atoms with van der Waals surface area (Å²) in [6, 6.07) is 61.6. The molecule has 0 amide bonds. The number of hydrogen-bond donors (Lipinski definition) is 0. The minimum atomic E-state index is 0.641. The van der Waals surface area contributed by atoms with E-state index in [9.17, 15) is 0 Å². The van der Waals surface area contributed by atoms with Crippen molar-refractivity contribution in [3.8, 4) is 39.9 Å². The Kier molecular flexibility index (Phi) is 6.42. The number of nitrogens with zero attached hydrogens (tertiary/aromatic N) is 5. The average Bonchev–Trinajstić information content (AvgIpc) is 3.53. The van der Waals surface area contributed by atoms with Crippen LogP contribution in [0.3, 0.4) is 0 Å². The normalized spacial score (nSPS) is 11.6. The van der Waals surface area contributed by atoms with E-state index in [1.807, 2.05) is 60.7 Å². The fraction of sp³-hybridized carbons (Fsp3) is 0. The molecule has 10 rings (SSSR count). The van der Waals surface area contributed by atoms with E-state index in [2.05, 4.69) is 124 Å². The number of hydrogen-bond acceptors (Lipinski definition) is 3. The van der Waals surface area contributed by atoms with Crippen molar-refractivity contribution in [2.45, 2.75) is 0 Å². The van der Waals surface area contributed by atoms with Gasteiger partial charge >= 0.3 is 0 Å². The molecular weight excluding hydrogens is 611 g/mol. The summed E-state index contributed by atoms with van der Waals surface area (Å²) in [5, 5.41) is 4.68. The van der Waals surface area contributed by atoms with E-state index in [1.54, 1.807) is 0 Å². The highest BCUT2D eigenvalue weighted by Gasteiger charge is 2.18. The van der Waals surface area contributed by atoms with Crippen LogP contribution in [-0.2, 0) is 0 Å². The third-order valence-electron chi connectivity index (χ3n) is 9.56. The highest BCUT2D eigenvalue weighted by atomic mass is 15.0. The molecule has 10 aromatic rings. The zero-order valence-corrected chi connectivity index (χ0v) is 27.0. The van der Waals surface area contributed by atoms with Gasteiger partial charge in [0.05, 0.1) is 27.6 Å². The number of aromatic nitrogens is 5. The molecule has 0 bridgehead atoms. The highest BCUT2D eigenvalue weighted by Crippen LogP contribution is 2.39. The zero-order chi connectivity index (χ0) is 33.0. The summed E-state index contributed by atoms with van der Waals surface area (Å²) in [7, 11) is 0. The van der Waals surface area contributed by atoms with Crippen LogP contribution in [0.5, 0.6) is 0 Å². The van der Waals surface area contributed by atoms with Gasteiger partial charge < -0.3 is 8.97 Å². The predicted octanol–water partition coefficient (Wildman–Crippen LogP) is 11.1. The molecule has 0 atom stereocenters. The first-order valence-corrected chi connectivity index (χ1v) is 16.8. The van der Waals surface area contributed by atoms with Crippen LogP contribution in [0.25, 0.3) is 89.0 Å². The standard InChI is InChI=1S/C45H29N5/c1-4-15-30(16-5-1)43-46-44(31-17-6-2-7-18-31)48-45(47-43)32-27-28-39-37(29-32)36-23-14-22-35-34-21-10-11-24-38(34)49(33-19-8-3-9-20-33)40-25-12-13-26-41(40)50(39)42(35)36/h1-29H. The quantitative estimate of drug-likeness (QED) is 0.192. The van der Waals surface area contributed by atoms with Crippen LogP contribution < -0.4 is 0 Å². The van der Waals surface area contributed by atoms with Crippen molar-refractivity contribution in [2.75, 3.05) is 0 Å². The van der Waals surface area contributed by atoms with Crippen molar-refractivity contribution in [1.29, 1.82) is 0 Å². The van der Waals surface area contributed by atoms with Gasteiger partial charge in [0.25, 0.3) is 0 Å². The largest absolute Gasteiger partial charge is 0.308 e. The molecule has 0 saturated heterocycles. The summed E-state index contributed by atoms with van der Waals surface area (Å²) in [6.45, 7) is 0. The first-order chi connectivity index (χ1) is 24.8. The lowest BCUT2D eigenvalue weighted by atomic mass is 10.0. The summed E-state index contributed by atoms with van der Waals surface area (Å²) in [5.74, 6) is 1.94. The minimum absolute atomic E-state index is 0.641. The van der Waals surface area contributed by atoms with E-state index in [1.165, 1.54) is 21.7 Å². The maximum absolute atomic E-state index is 5.05. The molecule has 0 radical (unpaired) electrons. The predicted molar refractivity (Wildman–Crippen MR) is 205 cm³/mol. The Hall–Kier alpha value is -6.85. The fourth-order valence-electron chi connectivity index (χ4n) is 7.34. The molecule has 3 heterocycles. The highest BCUT2D eigenvalue weighted by molar-refractivity contribution is 6.20. The van der Waals surface area contributed by atoms with Gasteiger partial charge in [-0.25, -0.2) is 15.0 Å². The monoisotopic (exact) mass is 639 g/mol. The van der Waals surface area contributed by atoms with Gasteiger partial charge in [-0.15, -0.1) is 0 Å². The van der Waals surface area contributed by atoms with Crippen molar-refractivity contribution < 1.29 is 0 Å². The molecule has 0 unspecified atom stereocenters. The first-order valence-electron chi connectivity index (χ1n) is 16.8. The lowest BCUT2D eigenvalue weighted by molar-refractivity contribution is 1.07. The van der Waals surface area contributed by atoms with Gasteiger partial charge in [-0.3, -0.25) is 0 Å². The number of benzene rings is 7. The molecule has 0 saturated carbocycles. The van der Waals surface area contributed by atoms with E-state index in [4.69, 9.17) is 15.0 Å². The number of rotatable bonds is 4. The Morgan fingerprint density at radius 2 is 0.820 bits per heavy atom. The van der Waals surface area contributed by atoms with Crippen molar-refractivity contribution in [3.05, 3.63) is 176 Å². The Morgan fingerprint density at radius 1 is 0.320 bits per heavy atom. The third-order valence-corrected chi connectivity index (χ3v) is 9.56. The third kappa shape index (κ3) is 4.45. The number of fused-ring (bicyclic) bond motifs is 7. The van der Waals surface area contributed by atoms with Crippen LogP contribution in [0.4, 0.5) is 0 Å². The smallest absolute Gasteiger partial charge is 0.164 e. The van der Waals surface area contributed by atoms with Gasteiger partial charge in [0, 0.05) is 43.9 Å². The second-order valence-electron chi connectivity index (χ2n) is 12.5. The summed E-state index contributed by atoms with van der Waals surface area (Å²) < 4.78 is 4.82. The molecule has 0 fully saturated rings. The lowest BCUT2D eigenvalue weighted by Crippen LogP contribution is -2.01. The summed E-state index contributed by atoms with van der Waals surface area (Å²) in [6.07, 6.45) is 0. The Labute approximate surface area is 288 Å². The SMILES string of the molecule is c1ccc(-c2nc(-c3ccccc3)nc(-c3ccc4c(c3)c3cccc5c6ccccc6n(-c6ccccc6)c6ccccc6n4c53)n2)cc1. The Bertz CT molecular complexity index is 2850. The fourth-order valence-corrected chi connectivity index (χ4v) is 7.34. The molecule has 0 aliphatic rings.